The largest absolute Gasteiger partial charge is 0.394 e. The van der Waals surface area contributed by atoms with Crippen molar-refractivity contribution < 1.29 is 19.5 Å². The van der Waals surface area contributed by atoms with Crippen LogP contribution in [0.1, 0.15) is 66.2 Å². The minimum Gasteiger partial charge on any atom is -0.394 e. The smallest absolute Gasteiger partial charge is 0.270 e. The first-order chi connectivity index (χ1) is 15.2. The summed E-state index contributed by atoms with van der Waals surface area (Å²) in [6.45, 7) is 10.2. The maximum Gasteiger partial charge on any atom is 0.270 e. The predicted octanol–water partition coefficient (Wildman–Crippen LogP) is 2.71. The highest BCUT2D eigenvalue weighted by molar-refractivity contribution is 6.09. The lowest BCUT2D eigenvalue weighted by Crippen LogP contribution is -2.48. The third-order valence-electron chi connectivity index (χ3n) is 6.71. The molecule has 0 aromatic carbocycles. The van der Waals surface area contributed by atoms with Gasteiger partial charge in [-0.1, -0.05) is 34.1 Å². The van der Waals surface area contributed by atoms with E-state index in [2.05, 4.69) is 25.8 Å². The Morgan fingerprint density at radius 1 is 1.34 bits per heavy atom. The summed E-state index contributed by atoms with van der Waals surface area (Å²) in [7, 11) is 0. The van der Waals surface area contributed by atoms with E-state index in [9.17, 15) is 19.5 Å². The molecule has 4 atom stereocenters. The maximum absolute atomic E-state index is 13.9. The zero-order valence-corrected chi connectivity index (χ0v) is 20.1. The van der Waals surface area contributed by atoms with E-state index in [-0.39, 0.29) is 37.8 Å². The summed E-state index contributed by atoms with van der Waals surface area (Å²) < 4.78 is 13.9. The van der Waals surface area contributed by atoms with E-state index in [1.807, 2.05) is 11.9 Å². The van der Waals surface area contributed by atoms with Gasteiger partial charge in [-0.2, -0.15) is 0 Å². The van der Waals surface area contributed by atoms with E-state index >= 15 is 0 Å². The number of likely N-dealkylation sites (tertiary alicyclic amines) is 1. The number of aliphatic hydroxyl groups is 1. The second-order valence-electron chi connectivity index (χ2n) is 9.26. The van der Waals surface area contributed by atoms with Crippen LogP contribution < -0.4 is 5.73 Å². The number of hydrogen-bond donors (Lipinski definition) is 3. The average molecular weight is 456 g/mol. The van der Waals surface area contributed by atoms with E-state index in [1.165, 1.54) is 4.90 Å². The fourth-order valence-corrected chi connectivity index (χ4v) is 4.28. The Balaban J connectivity index is 2.10. The first kappa shape index (κ1) is 26.7. The van der Waals surface area contributed by atoms with Gasteiger partial charge < -0.3 is 15.7 Å². The van der Waals surface area contributed by atoms with Crippen LogP contribution in [0.25, 0.3) is 0 Å². The van der Waals surface area contributed by atoms with Crippen molar-refractivity contribution in [3.05, 3.63) is 11.3 Å². The molecule has 4 unspecified atom stereocenters. The third kappa shape index (κ3) is 6.97. The van der Waals surface area contributed by atoms with Gasteiger partial charge in [-0.3, -0.25) is 15.0 Å². The SMILES string of the molecule is CCCN(CCC(C)CC)N(O)C/N=C1\CCC(C)\C1=C(\N)C(=O)N1CCC(O)C(F)C1. The summed E-state index contributed by atoms with van der Waals surface area (Å²) in [6, 6.07) is 0. The van der Waals surface area contributed by atoms with Crippen molar-refractivity contribution in [1.29, 1.82) is 0 Å². The molecule has 1 aliphatic carbocycles. The molecule has 1 amide bonds. The molecule has 2 aliphatic rings. The topological polar surface area (TPSA) is 106 Å². The van der Waals surface area contributed by atoms with Gasteiger partial charge in [-0.25, -0.2) is 9.40 Å². The van der Waals surface area contributed by atoms with Gasteiger partial charge in [-0.05, 0) is 43.9 Å². The number of hydrazine groups is 1. The number of carbonyl (C=O) groups excluding carboxylic acids is 1. The minimum absolute atomic E-state index is 0.0681. The number of nitrogens with zero attached hydrogens (tertiary/aromatic N) is 4. The highest BCUT2D eigenvalue weighted by Gasteiger charge is 2.34. The summed E-state index contributed by atoms with van der Waals surface area (Å²) in [4.78, 5) is 18.9. The number of amides is 1. The highest BCUT2D eigenvalue weighted by atomic mass is 19.1. The standard InChI is InChI=1S/C23H42FN5O3/c1-5-11-28(13-9-16(3)6-2)29(32)15-26-19-8-7-17(4)21(19)22(25)23(31)27-12-10-20(30)18(24)14-27/h16-18,20,30,32H,5-15,25H2,1-4H3/b22-21-,26-19+. The lowest BCUT2D eigenvalue weighted by atomic mass is 10.00. The quantitative estimate of drug-likeness (QED) is 0.346. The average Bonchev–Trinajstić information content (AvgIpc) is 3.15. The van der Waals surface area contributed by atoms with Gasteiger partial charge in [-0.15, -0.1) is 5.17 Å². The van der Waals surface area contributed by atoms with Crippen molar-refractivity contribution in [3.63, 3.8) is 0 Å². The molecule has 0 spiro atoms. The van der Waals surface area contributed by atoms with Crippen molar-refractivity contribution >= 4 is 11.6 Å². The van der Waals surface area contributed by atoms with Crippen molar-refractivity contribution in [2.75, 3.05) is 32.8 Å². The fourth-order valence-electron chi connectivity index (χ4n) is 4.28. The minimum atomic E-state index is -1.46. The molecule has 0 radical (unpaired) electrons. The number of carbonyl (C=O) groups is 1. The molecule has 8 nitrogen and oxygen atoms in total. The number of allylic oxidation sites excluding steroid dienone is 1. The van der Waals surface area contributed by atoms with Gasteiger partial charge in [0, 0.05) is 30.9 Å². The van der Waals surface area contributed by atoms with E-state index in [0.29, 0.717) is 17.9 Å². The first-order valence-electron chi connectivity index (χ1n) is 12.0. The number of nitrogens with two attached hydrogens (primary N) is 1. The van der Waals surface area contributed by atoms with Crippen molar-refractivity contribution in [2.45, 2.75) is 78.5 Å². The summed E-state index contributed by atoms with van der Waals surface area (Å²) in [5.74, 6) is 0.251. The molecular formula is C23H42FN5O3. The molecule has 1 aliphatic heterocycles. The number of hydrogen-bond acceptors (Lipinski definition) is 7. The fraction of sp³-hybridized carbons (Fsp3) is 0.826. The molecule has 1 heterocycles. The number of aliphatic hydroxyl groups excluding tert-OH is 1. The Hall–Kier alpha value is -1.55. The number of halogens is 1. The Bertz CT molecular complexity index is 687. The summed E-state index contributed by atoms with van der Waals surface area (Å²) in [5, 5.41) is 23.3. The molecule has 2 fully saturated rings. The second-order valence-corrected chi connectivity index (χ2v) is 9.26. The lowest BCUT2D eigenvalue weighted by molar-refractivity contribution is -0.245. The molecule has 0 bridgehead atoms. The zero-order valence-electron chi connectivity index (χ0n) is 20.1. The summed E-state index contributed by atoms with van der Waals surface area (Å²) in [5.41, 5.74) is 7.79. The number of aliphatic imine (C=N–C) groups is 1. The lowest BCUT2D eigenvalue weighted by Gasteiger charge is -2.32. The van der Waals surface area contributed by atoms with Crippen LogP contribution in [-0.4, -0.2) is 82.1 Å². The Morgan fingerprint density at radius 3 is 2.69 bits per heavy atom. The number of piperidine rings is 1. The van der Waals surface area contributed by atoms with Crippen LogP contribution in [0.2, 0.25) is 0 Å². The third-order valence-corrected chi connectivity index (χ3v) is 6.71. The van der Waals surface area contributed by atoms with Gasteiger partial charge >= 0.3 is 0 Å². The molecule has 4 N–H and O–H groups in total. The van der Waals surface area contributed by atoms with Crippen LogP contribution in [0, 0.1) is 11.8 Å². The molecule has 32 heavy (non-hydrogen) atoms. The van der Waals surface area contributed by atoms with Gasteiger partial charge in [0.1, 0.15) is 18.5 Å². The zero-order chi connectivity index (χ0) is 23.8. The van der Waals surface area contributed by atoms with Crippen LogP contribution in [0.3, 0.4) is 0 Å². The summed E-state index contributed by atoms with van der Waals surface area (Å²) >= 11 is 0. The molecule has 1 saturated carbocycles. The van der Waals surface area contributed by atoms with E-state index in [4.69, 9.17) is 5.73 Å². The molecule has 0 aromatic rings. The van der Waals surface area contributed by atoms with Crippen molar-refractivity contribution in [3.8, 4) is 0 Å². The Labute approximate surface area is 191 Å². The Morgan fingerprint density at radius 2 is 2.06 bits per heavy atom. The molecule has 0 aromatic heterocycles. The summed E-state index contributed by atoms with van der Waals surface area (Å²) in [6.07, 6.45) is 2.24. The molecule has 184 valence electrons. The van der Waals surface area contributed by atoms with E-state index in [0.717, 1.165) is 49.7 Å². The van der Waals surface area contributed by atoms with E-state index < -0.39 is 18.2 Å². The van der Waals surface area contributed by atoms with Crippen molar-refractivity contribution in [1.82, 2.24) is 15.1 Å². The van der Waals surface area contributed by atoms with Crippen LogP contribution in [-0.2, 0) is 4.79 Å². The first-order valence-corrected chi connectivity index (χ1v) is 12.0. The normalized spacial score (nSPS) is 28.1. The predicted molar refractivity (Wildman–Crippen MR) is 124 cm³/mol. The number of rotatable bonds is 10. The molecule has 1 saturated heterocycles. The number of alkyl halides is 1. The van der Waals surface area contributed by atoms with Crippen LogP contribution in [0.15, 0.2) is 16.3 Å². The number of hydroxylamine groups is 1. The highest BCUT2D eigenvalue weighted by Crippen LogP contribution is 2.31. The van der Waals surface area contributed by atoms with Gasteiger partial charge in [0.15, 0.2) is 0 Å². The van der Waals surface area contributed by atoms with Gasteiger partial charge in [0.05, 0.1) is 12.6 Å². The van der Waals surface area contributed by atoms with Crippen molar-refractivity contribution in [2.24, 2.45) is 22.6 Å². The van der Waals surface area contributed by atoms with Gasteiger partial charge in [0.2, 0.25) is 0 Å². The molecule has 9 heteroatoms. The van der Waals surface area contributed by atoms with Crippen LogP contribution in [0.5, 0.6) is 0 Å². The maximum atomic E-state index is 13.9. The second kappa shape index (κ2) is 12.6. The molecular weight excluding hydrogens is 413 g/mol. The monoisotopic (exact) mass is 455 g/mol. The van der Waals surface area contributed by atoms with Gasteiger partial charge in [0.25, 0.3) is 5.91 Å². The van der Waals surface area contributed by atoms with E-state index in [1.54, 1.807) is 0 Å². The van der Waals surface area contributed by atoms with Crippen LogP contribution >= 0.6 is 0 Å². The molecule has 2 rings (SSSR count). The van der Waals surface area contributed by atoms with Crippen LogP contribution in [0.4, 0.5) is 4.39 Å². The Kier molecular flexibility index (Phi) is 10.5.